The van der Waals surface area contributed by atoms with Crippen molar-refractivity contribution in [2.24, 2.45) is 23.7 Å². The molecule has 0 radical (unpaired) electrons. The number of ether oxygens (including phenoxy) is 2. The van der Waals surface area contributed by atoms with Gasteiger partial charge >= 0.3 is 5.97 Å². The van der Waals surface area contributed by atoms with Crippen LogP contribution >= 0.6 is 0 Å². The molecule has 2 bridgehead atoms. The zero-order valence-electron chi connectivity index (χ0n) is 12.3. The van der Waals surface area contributed by atoms with E-state index in [0.717, 1.165) is 25.7 Å². The van der Waals surface area contributed by atoms with Crippen LogP contribution in [0.15, 0.2) is 0 Å². The van der Waals surface area contributed by atoms with Crippen molar-refractivity contribution in [3.05, 3.63) is 0 Å². The fraction of sp³-hybridized carbons (Fsp3) is 0.933. The lowest BCUT2D eigenvalue weighted by molar-refractivity contribution is -0.559. The highest BCUT2D eigenvalue weighted by Gasteiger charge is 2.69. The molecule has 4 aliphatic heterocycles. The quantitative estimate of drug-likeness (QED) is 0.504. The summed E-state index contributed by atoms with van der Waals surface area (Å²) in [5, 5.41) is 0. The van der Waals surface area contributed by atoms with E-state index in [1.807, 2.05) is 13.8 Å². The van der Waals surface area contributed by atoms with Gasteiger partial charge in [-0.25, -0.2) is 9.78 Å². The predicted molar refractivity (Wildman–Crippen MR) is 68.0 cm³/mol. The maximum Gasteiger partial charge on any atom is 0.311 e. The van der Waals surface area contributed by atoms with Gasteiger partial charge in [-0.15, -0.1) is 0 Å². The van der Waals surface area contributed by atoms with Crippen LogP contribution in [0.25, 0.3) is 0 Å². The molecule has 0 amide bonds. The van der Waals surface area contributed by atoms with Gasteiger partial charge in [0.1, 0.15) is 0 Å². The van der Waals surface area contributed by atoms with Gasteiger partial charge < -0.3 is 9.47 Å². The van der Waals surface area contributed by atoms with Gasteiger partial charge in [0.05, 0.1) is 5.92 Å². The van der Waals surface area contributed by atoms with Gasteiger partial charge in [0.2, 0.25) is 12.1 Å². The summed E-state index contributed by atoms with van der Waals surface area (Å²) in [6, 6.07) is 0. The van der Waals surface area contributed by atoms with Crippen LogP contribution < -0.4 is 0 Å². The Morgan fingerprint density at radius 3 is 2.70 bits per heavy atom. The summed E-state index contributed by atoms with van der Waals surface area (Å²) in [6.45, 7) is 6.06. The Kier molecular flexibility index (Phi) is 2.58. The second-order valence-corrected chi connectivity index (χ2v) is 7.14. The van der Waals surface area contributed by atoms with Crippen molar-refractivity contribution in [1.82, 2.24) is 0 Å². The van der Waals surface area contributed by atoms with Crippen molar-refractivity contribution in [1.29, 1.82) is 0 Å². The van der Waals surface area contributed by atoms with Crippen molar-refractivity contribution in [2.75, 3.05) is 0 Å². The number of hydrogen-bond donors (Lipinski definition) is 0. The maximum absolute atomic E-state index is 12.1. The summed E-state index contributed by atoms with van der Waals surface area (Å²) in [6.07, 6.45) is 3.24. The molecule has 1 saturated carbocycles. The molecule has 4 saturated heterocycles. The van der Waals surface area contributed by atoms with E-state index in [1.165, 1.54) is 0 Å². The zero-order valence-corrected chi connectivity index (χ0v) is 12.3. The highest BCUT2D eigenvalue weighted by atomic mass is 17.3. The fourth-order valence-electron chi connectivity index (χ4n) is 4.76. The number of rotatable bonds is 0. The molecule has 5 nitrogen and oxygen atoms in total. The van der Waals surface area contributed by atoms with Crippen LogP contribution in [-0.2, 0) is 24.0 Å². The molecule has 5 fully saturated rings. The molecule has 0 aromatic heterocycles. The van der Waals surface area contributed by atoms with Crippen molar-refractivity contribution < 1.29 is 24.0 Å². The Hall–Kier alpha value is -0.650. The lowest BCUT2D eigenvalue weighted by atomic mass is 9.58. The minimum absolute atomic E-state index is 0.123. The molecule has 1 spiro atoms. The molecule has 112 valence electrons. The molecule has 0 aromatic rings. The monoisotopic (exact) mass is 282 g/mol. The van der Waals surface area contributed by atoms with Gasteiger partial charge in [-0.05, 0) is 32.1 Å². The van der Waals surface area contributed by atoms with E-state index in [0.29, 0.717) is 11.8 Å². The minimum atomic E-state index is -0.793. The molecular weight excluding hydrogens is 260 g/mol. The number of fused-ring (bicyclic) bond motifs is 2. The fourth-order valence-corrected chi connectivity index (χ4v) is 4.76. The number of esters is 1. The maximum atomic E-state index is 12.1. The molecule has 0 aromatic carbocycles. The Morgan fingerprint density at radius 1 is 1.10 bits per heavy atom. The van der Waals surface area contributed by atoms with Gasteiger partial charge in [0, 0.05) is 18.3 Å². The zero-order chi connectivity index (χ0) is 14.1. The molecule has 5 rings (SSSR count). The highest BCUT2D eigenvalue weighted by Crippen LogP contribution is 2.59. The highest BCUT2D eigenvalue weighted by molar-refractivity contribution is 5.74. The van der Waals surface area contributed by atoms with E-state index >= 15 is 0 Å². The molecule has 4 heterocycles. The summed E-state index contributed by atoms with van der Waals surface area (Å²) >= 11 is 0. The number of carbonyl (C=O) groups excluding carboxylic acids is 1. The van der Waals surface area contributed by atoms with Gasteiger partial charge in [-0.3, -0.25) is 4.79 Å². The van der Waals surface area contributed by atoms with E-state index in [9.17, 15) is 4.79 Å². The average Bonchev–Trinajstić information content (AvgIpc) is 2.63. The Labute approximate surface area is 118 Å². The van der Waals surface area contributed by atoms with Crippen molar-refractivity contribution >= 4 is 5.97 Å². The normalized spacial score (nSPS) is 57.8. The van der Waals surface area contributed by atoms with Gasteiger partial charge in [0.15, 0.2) is 5.60 Å². The Balaban J connectivity index is 1.84. The summed E-state index contributed by atoms with van der Waals surface area (Å²) in [5.74, 6) is -0.137. The summed E-state index contributed by atoms with van der Waals surface area (Å²) in [4.78, 5) is 23.7. The van der Waals surface area contributed by atoms with Crippen LogP contribution in [-0.4, -0.2) is 23.6 Å². The van der Waals surface area contributed by atoms with Crippen LogP contribution in [0.4, 0.5) is 0 Å². The molecule has 20 heavy (non-hydrogen) atoms. The second kappa shape index (κ2) is 3.96. The van der Waals surface area contributed by atoms with E-state index in [2.05, 4.69) is 6.92 Å². The SMILES string of the molecule is C[C@@H]1CC[C@H]2[C@@H](C)C(=O)O[C@H]3O[C@@]4(C)CC[C@@H]1[C@@]32OO4. The minimum Gasteiger partial charge on any atom is -0.432 e. The molecule has 1 aliphatic carbocycles. The van der Waals surface area contributed by atoms with Crippen LogP contribution in [0, 0.1) is 23.7 Å². The van der Waals surface area contributed by atoms with E-state index in [-0.39, 0.29) is 17.8 Å². The van der Waals surface area contributed by atoms with Gasteiger partial charge in [0.25, 0.3) is 0 Å². The number of hydrogen-bond acceptors (Lipinski definition) is 5. The van der Waals surface area contributed by atoms with Crippen LogP contribution in [0.5, 0.6) is 0 Å². The lowest BCUT2D eigenvalue weighted by Gasteiger charge is -2.57. The molecular formula is C15H22O5. The largest absolute Gasteiger partial charge is 0.432 e. The smallest absolute Gasteiger partial charge is 0.311 e. The molecule has 0 unspecified atom stereocenters. The molecule has 5 aliphatic rings. The lowest BCUT2D eigenvalue weighted by Crippen LogP contribution is -2.69. The number of carbonyl (C=O) groups is 1. The first-order valence-electron chi connectivity index (χ1n) is 7.71. The van der Waals surface area contributed by atoms with E-state index < -0.39 is 17.7 Å². The predicted octanol–water partition coefficient (Wildman–Crippen LogP) is 2.39. The summed E-state index contributed by atoms with van der Waals surface area (Å²) < 4.78 is 11.6. The van der Waals surface area contributed by atoms with E-state index in [1.54, 1.807) is 0 Å². The Morgan fingerprint density at radius 2 is 1.90 bits per heavy atom. The molecule has 5 heteroatoms. The molecule has 7 atom stereocenters. The van der Waals surface area contributed by atoms with Crippen LogP contribution in [0.2, 0.25) is 0 Å². The van der Waals surface area contributed by atoms with Crippen molar-refractivity contribution in [3.8, 4) is 0 Å². The average molecular weight is 282 g/mol. The first kappa shape index (κ1) is 13.0. The first-order valence-corrected chi connectivity index (χ1v) is 7.71. The third-order valence-electron chi connectivity index (χ3n) is 5.97. The second-order valence-electron chi connectivity index (χ2n) is 7.14. The third-order valence-corrected chi connectivity index (χ3v) is 5.97. The molecule has 0 N–H and O–H groups in total. The van der Waals surface area contributed by atoms with Crippen molar-refractivity contribution in [3.63, 3.8) is 0 Å². The standard InChI is InChI=1S/C15H22O5/c1-8-4-5-11-9(2)12(16)17-13-15(11)10(8)6-7-14(3,18-13)19-20-15/h8-11,13H,4-7H2,1-3H3/t8-,9-,10+,11+,13+,14-,15+/m1/s1. The van der Waals surface area contributed by atoms with Crippen LogP contribution in [0.3, 0.4) is 0 Å². The van der Waals surface area contributed by atoms with Gasteiger partial charge in [-0.1, -0.05) is 13.8 Å². The van der Waals surface area contributed by atoms with Crippen LogP contribution in [0.1, 0.15) is 46.5 Å². The third kappa shape index (κ3) is 1.46. The van der Waals surface area contributed by atoms with Gasteiger partial charge in [-0.2, -0.15) is 0 Å². The topological polar surface area (TPSA) is 54.0 Å². The Bertz CT molecular complexity index is 452. The summed E-state index contributed by atoms with van der Waals surface area (Å²) in [5.41, 5.74) is -0.610. The first-order chi connectivity index (χ1) is 9.46. The van der Waals surface area contributed by atoms with Crippen molar-refractivity contribution in [2.45, 2.75) is 64.1 Å². The summed E-state index contributed by atoms with van der Waals surface area (Å²) in [7, 11) is 0. The van der Waals surface area contributed by atoms with E-state index in [4.69, 9.17) is 19.2 Å².